The summed E-state index contributed by atoms with van der Waals surface area (Å²) < 4.78 is 31.9. The normalized spacial score (nSPS) is 10.0. The zero-order valence-electron chi connectivity index (χ0n) is 9.66. The van der Waals surface area contributed by atoms with Crippen LogP contribution in [0.5, 0.6) is 5.75 Å². The summed E-state index contributed by atoms with van der Waals surface area (Å²) >= 11 is 3.06. The number of nitrogens with zero attached hydrogens (tertiary/aromatic N) is 1. The van der Waals surface area contributed by atoms with Gasteiger partial charge in [0.05, 0.1) is 10.0 Å². The van der Waals surface area contributed by atoms with Gasteiger partial charge in [0.15, 0.2) is 0 Å². The fraction of sp³-hybridized carbons (Fsp3) is 0.0714. The molecule has 0 atom stereocenters. The molecular formula is C14H8BrF2NO. The van der Waals surface area contributed by atoms with Crippen molar-refractivity contribution in [1.82, 2.24) is 0 Å². The van der Waals surface area contributed by atoms with Gasteiger partial charge in [0.2, 0.25) is 0 Å². The maximum atomic E-state index is 13.1. The van der Waals surface area contributed by atoms with Crippen LogP contribution in [0.1, 0.15) is 11.1 Å². The first kappa shape index (κ1) is 13.5. The molecule has 0 bridgehead atoms. The van der Waals surface area contributed by atoms with Gasteiger partial charge in [0, 0.05) is 0 Å². The van der Waals surface area contributed by atoms with E-state index in [4.69, 9.17) is 10.00 Å². The van der Waals surface area contributed by atoms with E-state index < -0.39 is 5.82 Å². The Morgan fingerprint density at radius 1 is 1.11 bits per heavy atom. The molecule has 0 aliphatic heterocycles. The Kier molecular flexibility index (Phi) is 4.13. The Balaban J connectivity index is 2.10. The maximum absolute atomic E-state index is 13.1. The smallest absolute Gasteiger partial charge is 0.140 e. The average molecular weight is 324 g/mol. The molecule has 5 heteroatoms. The van der Waals surface area contributed by atoms with E-state index in [1.807, 2.05) is 0 Å². The third kappa shape index (κ3) is 3.30. The zero-order chi connectivity index (χ0) is 13.8. The lowest BCUT2D eigenvalue weighted by Gasteiger charge is -2.07. The van der Waals surface area contributed by atoms with Crippen molar-refractivity contribution in [3.63, 3.8) is 0 Å². The van der Waals surface area contributed by atoms with E-state index in [9.17, 15) is 8.78 Å². The summed E-state index contributed by atoms with van der Waals surface area (Å²) in [5.41, 5.74) is 0.639. The van der Waals surface area contributed by atoms with Crippen molar-refractivity contribution in [1.29, 1.82) is 5.26 Å². The van der Waals surface area contributed by atoms with E-state index in [0.29, 0.717) is 15.8 Å². The second-order valence-electron chi connectivity index (χ2n) is 3.79. The largest absolute Gasteiger partial charge is 0.489 e. The van der Waals surface area contributed by atoms with Crippen LogP contribution in [0.15, 0.2) is 40.9 Å². The molecular weight excluding hydrogens is 316 g/mol. The summed E-state index contributed by atoms with van der Waals surface area (Å²) in [6.07, 6.45) is 0. The minimum Gasteiger partial charge on any atom is -0.489 e. The van der Waals surface area contributed by atoms with Gasteiger partial charge in [-0.1, -0.05) is 6.07 Å². The Labute approximate surface area is 117 Å². The SMILES string of the molecule is N#Cc1cc(COc2ccc(F)c(Br)c2)ccc1F. The Morgan fingerprint density at radius 3 is 2.53 bits per heavy atom. The molecule has 96 valence electrons. The van der Waals surface area contributed by atoms with Gasteiger partial charge in [-0.2, -0.15) is 5.26 Å². The number of rotatable bonds is 3. The molecule has 0 aromatic heterocycles. The van der Waals surface area contributed by atoms with E-state index in [0.717, 1.165) is 0 Å². The van der Waals surface area contributed by atoms with Crippen LogP contribution in [-0.4, -0.2) is 0 Å². The predicted molar refractivity (Wildman–Crippen MR) is 69.5 cm³/mol. The molecule has 2 nitrogen and oxygen atoms in total. The van der Waals surface area contributed by atoms with Gasteiger partial charge in [0.25, 0.3) is 0 Å². The Hall–Kier alpha value is -1.93. The summed E-state index contributed by atoms with van der Waals surface area (Å²) in [7, 11) is 0. The lowest BCUT2D eigenvalue weighted by molar-refractivity contribution is 0.305. The van der Waals surface area contributed by atoms with Crippen molar-refractivity contribution < 1.29 is 13.5 Å². The molecule has 0 unspecified atom stereocenters. The third-order valence-electron chi connectivity index (χ3n) is 2.45. The lowest BCUT2D eigenvalue weighted by atomic mass is 10.1. The first-order valence-electron chi connectivity index (χ1n) is 5.36. The predicted octanol–water partition coefficient (Wildman–Crippen LogP) is 4.18. The van der Waals surface area contributed by atoms with Gasteiger partial charge >= 0.3 is 0 Å². The number of halogens is 3. The quantitative estimate of drug-likeness (QED) is 0.849. The topological polar surface area (TPSA) is 33.0 Å². The van der Waals surface area contributed by atoms with Crippen molar-refractivity contribution in [2.75, 3.05) is 0 Å². The summed E-state index contributed by atoms with van der Waals surface area (Å²) in [4.78, 5) is 0. The molecule has 2 aromatic rings. The molecule has 0 heterocycles. The van der Waals surface area contributed by atoms with Crippen molar-refractivity contribution in [2.24, 2.45) is 0 Å². The zero-order valence-corrected chi connectivity index (χ0v) is 11.2. The molecule has 0 aliphatic carbocycles. The highest BCUT2D eigenvalue weighted by molar-refractivity contribution is 9.10. The monoisotopic (exact) mass is 323 g/mol. The minimum atomic E-state index is -0.559. The molecule has 0 N–H and O–H groups in total. The van der Waals surface area contributed by atoms with Crippen LogP contribution in [0, 0.1) is 23.0 Å². The number of benzene rings is 2. The van der Waals surface area contributed by atoms with Crippen LogP contribution in [0.4, 0.5) is 8.78 Å². The first-order chi connectivity index (χ1) is 9.10. The summed E-state index contributed by atoms with van der Waals surface area (Å²) in [6, 6.07) is 10.2. The standard InChI is InChI=1S/C14H8BrF2NO/c15-12-6-11(2-4-14(12)17)19-8-9-1-3-13(16)10(5-9)7-18/h1-6H,8H2. The van der Waals surface area contributed by atoms with Crippen molar-refractivity contribution >= 4 is 15.9 Å². The molecule has 2 aromatic carbocycles. The second-order valence-corrected chi connectivity index (χ2v) is 4.64. The second kappa shape index (κ2) is 5.81. The van der Waals surface area contributed by atoms with Crippen molar-refractivity contribution in [2.45, 2.75) is 6.61 Å². The Morgan fingerprint density at radius 2 is 1.84 bits per heavy atom. The van der Waals surface area contributed by atoms with Crippen LogP contribution < -0.4 is 4.74 Å². The van der Waals surface area contributed by atoms with Crippen LogP contribution in [0.25, 0.3) is 0 Å². The Bertz CT molecular complexity index is 652. The first-order valence-corrected chi connectivity index (χ1v) is 6.16. The number of hydrogen-bond donors (Lipinski definition) is 0. The third-order valence-corrected chi connectivity index (χ3v) is 3.06. The van der Waals surface area contributed by atoms with E-state index >= 15 is 0 Å². The van der Waals surface area contributed by atoms with Gasteiger partial charge in [-0.25, -0.2) is 8.78 Å². The minimum absolute atomic E-state index is 0.0265. The number of nitriles is 1. The molecule has 0 radical (unpaired) electrons. The van der Waals surface area contributed by atoms with Gasteiger partial charge < -0.3 is 4.74 Å². The van der Waals surface area contributed by atoms with Crippen LogP contribution in [0.2, 0.25) is 0 Å². The molecule has 0 spiro atoms. The van der Waals surface area contributed by atoms with Gasteiger partial charge in [-0.15, -0.1) is 0 Å². The van der Waals surface area contributed by atoms with Gasteiger partial charge in [0.1, 0.15) is 30.1 Å². The molecule has 0 saturated heterocycles. The van der Waals surface area contributed by atoms with Crippen LogP contribution >= 0.6 is 15.9 Å². The molecule has 0 aliphatic rings. The number of ether oxygens (including phenoxy) is 1. The fourth-order valence-electron chi connectivity index (χ4n) is 1.48. The molecule has 0 saturated carbocycles. The lowest BCUT2D eigenvalue weighted by Crippen LogP contribution is -1.97. The van der Waals surface area contributed by atoms with Crippen molar-refractivity contribution in [3.8, 4) is 11.8 Å². The molecule has 19 heavy (non-hydrogen) atoms. The summed E-state index contributed by atoms with van der Waals surface area (Å²) in [5, 5.41) is 8.72. The number of hydrogen-bond acceptors (Lipinski definition) is 2. The highest BCUT2D eigenvalue weighted by atomic mass is 79.9. The summed E-state index contributed by atoms with van der Waals surface area (Å²) in [5.74, 6) is -0.451. The van der Waals surface area contributed by atoms with Crippen LogP contribution in [-0.2, 0) is 6.61 Å². The average Bonchev–Trinajstić information content (AvgIpc) is 2.41. The van der Waals surface area contributed by atoms with E-state index in [2.05, 4.69) is 15.9 Å². The van der Waals surface area contributed by atoms with Gasteiger partial charge in [-0.3, -0.25) is 0 Å². The maximum Gasteiger partial charge on any atom is 0.140 e. The molecule has 2 rings (SSSR count). The fourth-order valence-corrected chi connectivity index (χ4v) is 1.84. The van der Waals surface area contributed by atoms with Crippen molar-refractivity contribution in [3.05, 3.63) is 63.6 Å². The summed E-state index contributed by atoms with van der Waals surface area (Å²) in [6.45, 7) is 0.174. The highest BCUT2D eigenvalue weighted by Gasteiger charge is 2.05. The highest BCUT2D eigenvalue weighted by Crippen LogP contribution is 2.22. The van der Waals surface area contributed by atoms with Crippen LogP contribution in [0.3, 0.4) is 0 Å². The van der Waals surface area contributed by atoms with E-state index in [1.165, 1.54) is 36.4 Å². The van der Waals surface area contributed by atoms with E-state index in [1.54, 1.807) is 6.07 Å². The van der Waals surface area contributed by atoms with Gasteiger partial charge in [-0.05, 0) is 51.8 Å². The van der Waals surface area contributed by atoms with E-state index in [-0.39, 0.29) is 18.0 Å². The molecule has 0 fully saturated rings. The molecule has 0 amide bonds.